The van der Waals surface area contributed by atoms with Crippen molar-refractivity contribution in [3.63, 3.8) is 0 Å². The van der Waals surface area contributed by atoms with Gasteiger partial charge in [0.05, 0.1) is 18.0 Å². The highest BCUT2D eigenvalue weighted by Crippen LogP contribution is 2.35. The monoisotopic (exact) mass is 348 g/mol. The Hall–Kier alpha value is -2.41. The lowest BCUT2D eigenvalue weighted by atomic mass is 9.97. The topological polar surface area (TPSA) is 66.5 Å². The molecule has 1 aliphatic rings. The van der Waals surface area contributed by atoms with E-state index in [9.17, 15) is 17.6 Å². The fourth-order valence-corrected chi connectivity index (χ4v) is 3.86. The van der Waals surface area contributed by atoms with Crippen LogP contribution in [0.2, 0.25) is 0 Å². The van der Waals surface area contributed by atoms with E-state index >= 15 is 0 Å². The smallest absolute Gasteiger partial charge is 0.251 e. The van der Waals surface area contributed by atoms with E-state index in [1.165, 1.54) is 28.6 Å². The van der Waals surface area contributed by atoms with Crippen LogP contribution in [0.4, 0.5) is 10.1 Å². The summed E-state index contributed by atoms with van der Waals surface area (Å²) in [7, 11) is -3.38. The molecule has 0 aliphatic carbocycles. The molecule has 1 heterocycles. The van der Waals surface area contributed by atoms with E-state index in [-0.39, 0.29) is 24.1 Å². The Morgan fingerprint density at radius 3 is 2.67 bits per heavy atom. The van der Waals surface area contributed by atoms with Crippen LogP contribution in [-0.4, -0.2) is 27.1 Å². The van der Waals surface area contributed by atoms with E-state index in [4.69, 9.17) is 0 Å². The van der Waals surface area contributed by atoms with E-state index in [2.05, 4.69) is 5.32 Å². The van der Waals surface area contributed by atoms with Crippen molar-refractivity contribution in [1.82, 2.24) is 5.32 Å². The molecule has 24 heavy (non-hydrogen) atoms. The number of anilines is 1. The van der Waals surface area contributed by atoms with Crippen molar-refractivity contribution in [2.24, 2.45) is 0 Å². The molecule has 0 bridgehead atoms. The fraction of sp³-hybridized carbons (Fsp3) is 0.235. The molecule has 0 spiro atoms. The Bertz CT molecular complexity index is 883. The zero-order valence-corrected chi connectivity index (χ0v) is 13.9. The quantitative estimate of drug-likeness (QED) is 0.927. The summed E-state index contributed by atoms with van der Waals surface area (Å²) in [4.78, 5) is 12.3. The first-order valence-corrected chi connectivity index (χ1v) is 9.34. The molecule has 1 amide bonds. The summed E-state index contributed by atoms with van der Waals surface area (Å²) < 4.78 is 38.5. The lowest BCUT2D eigenvalue weighted by molar-refractivity contribution is 0.0934. The third-order valence-electron chi connectivity index (χ3n) is 3.99. The second-order valence-corrected chi connectivity index (χ2v) is 7.63. The summed E-state index contributed by atoms with van der Waals surface area (Å²) in [6, 6.07) is 12.2. The van der Waals surface area contributed by atoms with Gasteiger partial charge >= 0.3 is 0 Å². The number of carbonyl (C=O) groups excluding carboxylic acids is 1. The predicted octanol–water partition coefficient (Wildman–Crippen LogP) is 2.47. The zero-order valence-electron chi connectivity index (χ0n) is 13.1. The number of fused-ring (bicyclic) bond motifs is 1. The van der Waals surface area contributed by atoms with Gasteiger partial charge in [-0.3, -0.25) is 9.10 Å². The van der Waals surface area contributed by atoms with Gasteiger partial charge < -0.3 is 5.32 Å². The van der Waals surface area contributed by atoms with E-state index in [1.807, 2.05) is 0 Å². The number of benzene rings is 2. The summed E-state index contributed by atoms with van der Waals surface area (Å²) in [5, 5.41) is 2.86. The molecule has 0 fully saturated rings. The highest BCUT2D eigenvalue weighted by Gasteiger charge is 2.30. The summed E-state index contributed by atoms with van der Waals surface area (Å²) in [6.45, 7) is 0.282. The van der Waals surface area contributed by atoms with Gasteiger partial charge in [-0.2, -0.15) is 0 Å². The molecule has 1 atom stereocenters. The molecule has 1 N–H and O–H groups in total. The van der Waals surface area contributed by atoms with Crippen molar-refractivity contribution in [1.29, 1.82) is 0 Å². The number of nitrogens with zero attached hydrogens (tertiary/aromatic N) is 1. The number of hydrogen-bond donors (Lipinski definition) is 1. The minimum atomic E-state index is -3.38. The van der Waals surface area contributed by atoms with Crippen LogP contribution in [0.5, 0.6) is 0 Å². The lowest BCUT2D eigenvalue weighted by Crippen LogP contribution is -2.40. The standard InChI is InChI=1S/C17H17FN2O3S/c1-24(22,23)20-10-9-15(14-7-2-3-8-16(14)20)19-17(21)12-5-4-6-13(18)11-12/h2-8,11,15H,9-10H2,1H3,(H,19,21). The highest BCUT2D eigenvalue weighted by molar-refractivity contribution is 7.92. The third kappa shape index (κ3) is 3.26. The molecule has 0 radical (unpaired) electrons. The van der Waals surface area contributed by atoms with E-state index in [0.717, 1.165) is 11.8 Å². The highest BCUT2D eigenvalue weighted by atomic mass is 32.2. The first-order valence-electron chi connectivity index (χ1n) is 7.49. The average Bonchev–Trinajstić information content (AvgIpc) is 2.54. The minimum absolute atomic E-state index is 0.234. The maximum absolute atomic E-state index is 13.3. The maximum atomic E-state index is 13.3. The SMILES string of the molecule is CS(=O)(=O)N1CCC(NC(=O)c2cccc(F)c2)c2ccccc21. The molecule has 0 saturated heterocycles. The molecule has 1 unspecified atom stereocenters. The van der Waals surface area contributed by atoms with Gasteiger partial charge in [0, 0.05) is 12.1 Å². The minimum Gasteiger partial charge on any atom is -0.345 e. The van der Waals surface area contributed by atoms with Gasteiger partial charge in [-0.05, 0) is 36.2 Å². The predicted molar refractivity (Wildman–Crippen MR) is 89.9 cm³/mol. The van der Waals surface area contributed by atoms with E-state index in [1.54, 1.807) is 24.3 Å². The maximum Gasteiger partial charge on any atom is 0.251 e. The van der Waals surface area contributed by atoms with Gasteiger partial charge in [0.1, 0.15) is 5.82 Å². The summed E-state index contributed by atoms with van der Waals surface area (Å²) in [6.07, 6.45) is 1.61. The second kappa shape index (κ2) is 6.24. The summed E-state index contributed by atoms with van der Waals surface area (Å²) >= 11 is 0. The van der Waals surface area contributed by atoms with E-state index in [0.29, 0.717) is 12.1 Å². The van der Waals surface area contributed by atoms with Crippen LogP contribution in [0.3, 0.4) is 0 Å². The number of nitrogens with one attached hydrogen (secondary N) is 1. The number of rotatable bonds is 3. The van der Waals surface area contributed by atoms with Crippen LogP contribution in [-0.2, 0) is 10.0 Å². The van der Waals surface area contributed by atoms with Crippen LogP contribution in [0, 0.1) is 5.82 Å². The van der Waals surface area contributed by atoms with Gasteiger partial charge in [-0.25, -0.2) is 12.8 Å². The molecule has 126 valence electrons. The molecule has 2 aromatic carbocycles. The Morgan fingerprint density at radius 2 is 1.96 bits per heavy atom. The molecular formula is C17H17FN2O3S. The van der Waals surface area contributed by atoms with Crippen LogP contribution in [0.1, 0.15) is 28.4 Å². The molecule has 1 aliphatic heterocycles. The van der Waals surface area contributed by atoms with Crippen molar-refractivity contribution >= 4 is 21.6 Å². The van der Waals surface area contributed by atoms with Gasteiger partial charge in [0.2, 0.25) is 10.0 Å². The van der Waals surface area contributed by atoms with Crippen molar-refractivity contribution in [2.45, 2.75) is 12.5 Å². The first-order chi connectivity index (χ1) is 11.4. The number of sulfonamides is 1. The van der Waals surface area contributed by atoms with E-state index < -0.39 is 15.8 Å². The Labute approximate surface area is 140 Å². The number of carbonyl (C=O) groups is 1. The van der Waals surface area contributed by atoms with Gasteiger partial charge in [-0.1, -0.05) is 24.3 Å². The molecule has 7 heteroatoms. The zero-order chi connectivity index (χ0) is 17.3. The summed E-state index contributed by atoms with van der Waals surface area (Å²) in [5.41, 5.74) is 1.53. The Kier molecular flexibility index (Phi) is 4.28. The van der Waals surface area contributed by atoms with Crippen LogP contribution in [0.15, 0.2) is 48.5 Å². The van der Waals surface area contributed by atoms with Gasteiger partial charge in [0.15, 0.2) is 0 Å². The Balaban J connectivity index is 1.89. The lowest BCUT2D eigenvalue weighted by Gasteiger charge is -2.34. The average molecular weight is 348 g/mol. The molecule has 5 nitrogen and oxygen atoms in total. The van der Waals surface area contributed by atoms with Crippen molar-refractivity contribution in [2.75, 3.05) is 17.1 Å². The molecular weight excluding hydrogens is 331 g/mol. The Morgan fingerprint density at radius 1 is 1.21 bits per heavy atom. The van der Waals surface area contributed by atoms with Gasteiger partial charge in [0.25, 0.3) is 5.91 Å². The first kappa shape index (κ1) is 16.4. The number of amides is 1. The van der Waals surface area contributed by atoms with Crippen molar-refractivity contribution in [3.8, 4) is 0 Å². The van der Waals surface area contributed by atoms with Crippen molar-refractivity contribution in [3.05, 3.63) is 65.5 Å². The van der Waals surface area contributed by atoms with Crippen LogP contribution < -0.4 is 9.62 Å². The number of halogens is 1. The van der Waals surface area contributed by atoms with Gasteiger partial charge in [-0.15, -0.1) is 0 Å². The molecule has 0 aromatic heterocycles. The molecule has 0 saturated carbocycles. The number of para-hydroxylation sites is 1. The molecule has 2 aromatic rings. The fourth-order valence-electron chi connectivity index (χ4n) is 2.90. The number of hydrogen-bond acceptors (Lipinski definition) is 3. The molecule has 3 rings (SSSR count). The van der Waals surface area contributed by atoms with Crippen LogP contribution in [0.25, 0.3) is 0 Å². The summed E-state index contributed by atoms with van der Waals surface area (Å²) in [5.74, 6) is -0.864. The normalized spacial score (nSPS) is 17.2. The third-order valence-corrected chi connectivity index (χ3v) is 5.17. The van der Waals surface area contributed by atoms with Crippen molar-refractivity contribution < 1.29 is 17.6 Å². The largest absolute Gasteiger partial charge is 0.345 e. The van der Waals surface area contributed by atoms with Crippen LogP contribution >= 0.6 is 0 Å². The second-order valence-electron chi connectivity index (χ2n) is 5.72.